The fourth-order valence-corrected chi connectivity index (χ4v) is 4.03. The van der Waals surface area contributed by atoms with Gasteiger partial charge in [0.05, 0.1) is 18.3 Å². The number of fused-ring (bicyclic) bond motifs is 1. The van der Waals surface area contributed by atoms with Gasteiger partial charge in [-0.05, 0) is 37.1 Å². The Balaban J connectivity index is 1.79. The third kappa shape index (κ3) is 3.47. The fraction of sp³-hybridized carbons (Fsp3) is 0.312. The van der Waals surface area contributed by atoms with Crippen LogP contribution in [0.25, 0.3) is 10.9 Å². The largest absolute Gasteiger partial charge is 0.313 e. The summed E-state index contributed by atoms with van der Waals surface area (Å²) in [6.45, 7) is 3.42. The molecule has 0 unspecified atom stereocenters. The van der Waals surface area contributed by atoms with E-state index in [9.17, 15) is 13.2 Å². The lowest BCUT2D eigenvalue weighted by Crippen LogP contribution is -2.40. The Bertz CT molecular complexity index is 1000. The molecule has 2 aromatic rings. The van der Waals surface area contributed by atoms with Crippen LogP contribution in [0.2, 0.25) is 0 Å². The first-order valence-electron chi connectivity index (χ1n) is 7.69. The van der Waals surface area contributed by atoms with Gasteiger partial charge < -0.3 is 5.32 Å². The fourth-order valence-electron chi connectivity index (χ4n) is 2.65. The summed E-state index contributed by atoms with van der Waals surface area (Å²) >= 11 is 0. The summed E-state index contributed by atoms with van der Waals surface area (Å²) in [7, 11) is -2.47. The van der Waals surface area contributed by atoms with E-state index >= 15 is 0 Å². The molecule has 0 fully saturated rings. The molecule has 0 aliphatic carbocycles. The molecule has 0 spiro atoms. The van der Waals surface area contributed by atoms with Crippen molar-refractivity contribution in [3.63, 3.8) is 0 Å². The van der Waals surface area contributed by atoms with Gasteiger partial charge in [0.25, 0.3) is 0 Å². The Labute approximate surface area is 145 Å². The highest BCUT2D eigenvalue weighted by atomic mass is 32.2. The van der Waals surface area contributed by atoms with Crippen LogP contribution in [0.3, 0.4) is 0 Å². The molecule has 1 aliphatic rings. The Kier molecular flexibility index (Phi) is 4.44. The number of aryl methyl sites for hydroxylation is 1. The number of carbonyl (C=O) groups is 1. The van der Waals surface area contributed by atoms with E-state index in [1.165, 1.54) is 7.05 Å². The number of hydrogen-bond donors (Lipinski definition) is 2. The van der Waals surface area contributed by atoms with E-state index in [1.54, 1.807) is 18.5 Å². The van der Waals surface area contributed by atoms with Crippen LogP contribution in [0.4, 0.5) is 0 Å². The van der Waals surface area contributed by atoms with Crippen molar-refractivity contribution in [2.24, 2.45) is 4.99 Å². The molecular weight excluding hydrogens is 342 g/mol. The minimum atomic E-state index is -3.85. The summed E-state index contributed by atoms with van der Waals surface area (Å²) in [6, 6.07) is 3.41. The highest BCUT2D eigenvalue weighted by Gasteiger charge is 2.26. The van der Waals surface area contributed by atoms with E-state index in [-0.39, 0.29) is 11.4 Å². The van der Waals surface area contributed by atoms with E-state index in [4.69, 9.17) is 0 Å². The summed E-state index contributed by atoms with van der Waals surface area (Å²) in [6.07, 6.45) is 3.81. The number of benzene rings is 1. The lowest BCUT2D eigenvalue weighted by atomic mass is 10.2. The number of sulfonamides is 1. The van der Waals surface area contributed by atoms with E-state index in [0.29, 0.717) is 23.2 Å². The maximum atomic E-state index is 12.9. The molecule has 8 nitrogen and oxygen atoms in total. The van der Waals surface area contributed by atoms with Gasteiger partial charge in [-0.25, -0.2) is 13.4 Å². The number of rotatable bonds is 4. The number of hydrogen-bond acceptors (Lipinski definition) is 5. The first kappa shape index (κ1) is 17.3. The van der Waals surface area contributed by atoms with Crippen molar-refractivity contribution in [2.75, 3.05) is 13.6 Å². The molecule has 0 radical (unpaired) electrons. The lowest BCUT2D eigenvalue weighted by Gasteiger charge is -2.17. The Morgan fingerprint density at radius 3 is 2.80 bits per heavy atom. The second kappa shape index (κ2) is 6.41. The number of nitrogens with zero attached hydrogens (tertiary/aromatic N) is 3. The second-order valence-corrected chi connectivity index (χ2v) is 8.15. The number of aromatic nitrogens is 2. The molecule has 1 aromatic carbocycles. The molecule has 1 aliphatic heterocycles. The van der Waals surface area contributed by atoms with E-state index in [1.807, 2.05) is 19.9 Å². The monoisotopic (exact) mass is 361 g/mol. The molecule has 0 saturated heterocycles. The highest BCUT2D eigenvalue weighted by Crippen LogP contribution is 2.25. The maximum absolute atomic E-state index is 12.9. The molecule has 132 valence electrons. The van der Waals surface area contributed by atoms with Crippen molar-refractivity contribution in [2.45, 2.75) is 25.2 Å². The van der Waals surface area contributed by atoms with Crippen molar-refractivity contribution >= 4 is 32.7 Å². The number of amidine groups is 1. The average molecular weight is 361 g/mol. The lowest BCUT2D eigenvalue weighted by molar-refractivity contribution is -0.119. The zero-order chi connectivity index (χ0) is 18.2. The van der Waals surface area contributed by atoms with Crippen LogP contribution in [0.15, 0.2) is 40.0 Å². The minimum absolute atomic E-state index is 0.103. The van der Waals surface area contributed by atoms with Gasteiger partial charge in [0.2, 0.25) is 15.9 Å². The zero-order valence-corrected chi connectivity index (χ0v) is 15.0. The van der Waals surface area contributed by atoms with Gasteiger partial charge >= 0.3 is 0 Å². The van der Waals surface area contributed by atoms with Gasteiger partial charge in [0.1, 0.15) is 10.7 Å². The van der Waals surface area contributed by atoms with Crippen molar-refractivity contribution in [1.82, 2.24) is 19.8 Å². The SMILES string of the molecule is CC1=CN=C(NC(=O)CN(C)S(=O)(=O)c2cc(C)cc3cn[nH]c23)C1. The Morgan fingerprint density at radius 2 is 2.12 bits per heavy atom. The minimum Gasteiger partial charge on any atom is -0.313 e. The molecule has 0 saturated carbocycles. The number of likely N-dealkylation sites (N-methyl/N-ethyl adjacent to an activating group) is 1. The number of carbonyl (C=O) groups excluding carboxylic acids is 1. The van der Waals surface area contributed by atoms with Crippen LogP contribution in [0, 0.1) is 6.92 Å². The van der Waals surface area contributed by atoms with Gasteiger partial charge in [0.15, 0.2) is 0 Å². The third-order valence-corrected chi connectivity index (χ3v) is 5.71. The maximum Gasteiger partial charge on any atom is 0.245 e. The van der Waals surface area contributed by atoms with Crippen LogP contribution in [-0.2, 0) is 14.8 Å². The first-order valence-corrected chi connectivity index (χ1v) is 9.13. The van der Waals surface area contributed by atoms with Gasteiger partial charge in [-0.15, -0.1) is 0 Å². The number of H-pyrrole nitrogens is 1. The average Bonchev–Trinajstić information content (AvgIpc) is 3.14. The van der Waals surface area contributed by atoms with Gasteiger partial charge in [-0.3, -0.25) is 9.89 Å². The second-order valence-electron chi connectivity index (χ2n) is 6.13. The van der Waals surface area contributed by atoms with Crippen molar-refractivity contribution < 1.29 is 13.2 Å². The van der Waals surface area contributed by atoms with E-state index < -0.39 is 15.9 Å². The Hall–Kier alpha value is -2.52. The van der Waals surface area contributed by atoms with E-state index in [2.05, 4.69) is 20.5 Å². The first-order chi connectivity index (χ1) is 11.8. The smallest absolute Gasteiger partial charge is 0.245 e. The quantitative estimate of drug-likeness (QED) is 0.856. The molecular formula is C16H19N5O3S. The molecule has 0 bridgehead atoms. The predicted molar refractivity (Wildman–Crippen MR) is 94.6 cm³/mol. The molecule has 2 heterocycles. The Morgan fingerprint density at radius 1 is 1.36 bits per heavy atom. The number of aliphatic imine (C=N–C) groups is 1. The van der Waals surface area contributed by atoms with Crippen LogP contribution in [0.5, 0.6) is 0 Å². The summed E-state index contributed by atoms with van der Waals surface area (Å²) in [5.74, 6) is 0.0984. The molecule has 3 rings (SSSR count). The molecule has 2 N–H and O–H groups in total. The van der Waals surface area contributed by atoms with Crippen LogP contribution < -0.4 is 5.32 Å². The predicted octanol–water partition coefficient (Wildman–Crippen LogP) is 1.31. The van der Waals surface area contributed by atoms with Crippen molar-refractivity contribution in [3.05, 3.63) is 35.7 Å². The molecule has 25 heavy (non-hydrogen) atoms. The topological polar surface area (TPSA) is 108 Å². The molecule has 1 amide bonds. The van der Waals surface area contributed by atoms with Crippen LogP contribution in [-0.4, -0.2) is 48.3 Å². The van der Waals surface area contributed by atoms with Gasteiger partial charge in [0, 0.05) is 25.1 Å². The van der Waals surface area contributed by atoms with Crippen molar-refractivity contribution in [3.8, 4) is 0 Å². The van der Waals surface area contributed by atoms with E-state index in [0.717, 1.165) is 15.4 Å². The van der Waals surface area contributed by atoms with Gasteiger partial charge in [-0.2, -0.15) is 9.40 Å². The molecule has 0 atom stereocenters. The summed E-state index contributed by atoms with van der Waals surface area (Å²) < 4.78 is 26.8. The molecule has 1 aromatic heterocycles. The van der Waals surface area contributed by atoms with Crippen molar-refractivity contribution in [1.29, 1.82) is 0 Å². The van der Waals surface area contributed by atoms with Gasteiger partial charge in [-0.1, -0.05) is 0 Å². The van der Waals surface area contributed by atoms with Crippen LogP contribution >= 0.6 is 0 Å². The summed E-state index contributed by atoms with van der Waals surface area (Å²) in [5, 5.41) is 9.96. The highest BCUT2D eigenvalue weighted by molar-refractivity contribution is 7.89. The third-order valence-electron chi connectivity index (χ3n) is 3.88. The zero-order valence-electron chi connectivity index (χ0n) is 14.2. The number of amides is 1. The summed E-state index contributed by atoms with van der Waals surface area (Å²) in [4.78, 5) is 16.3. The normalized spacial score (nSPS) is 14.7. The number of nitrogens with one attached hydrogen (secondary N) is 2. The standard InChI is InChI=1S/C16H19N5O3S/c1-10-4-12-8-18-20-16(12)13(5-10)25(23,24)21(3)9-15(22)19-14-6-11(2)7-17-14/h4-5,7-8H,6,9H2,1-3H3,(H,18,20)(H,17,19,22). The van der Waals surface area contributed by atoms with Crippen LogP contribution in [0.1, 0.15) is 18.9 Å². The molecule has 9 heteroatoms. The summed E-state index contributed by atoms with van der Waals surface area (Å²) in [5.41, 5.74) is 2.27. The number of aromatic amines is 1.